The molecule has 0 radical (unpaired) electrons. The SMILES string of the molecule is NC1CCCCC1N(Cc1cccc(NC(=O)c2ccc([N+](=O)[O-])cc2)c1)C(=O)C1CCCCC1. The smallest absolute Gasteiger partial charge is 0.269 e. The molecule has 186 valence electrons. The van der Waals surface area contributed by atoms with Crippen LogP contribution in [0.15, 0.2) is 48.5 Å². The fourth-order valence-corrected chi connectivity index (χ4v) is 5.35. The Labute approximate surface area is 206 Å². The van der Waals surface area contributed by atoms with Gasteiger partial charge in [0.05, 0.1) is 4.92 Å². The molecule has 0 saturated heterocycles. The van der Waals surface area contributed by atoms with Gasteiger partial charge in [-0.1, -0.05) is 44.2 Å². The van der Waals surface area contributed by atoms with E-state index in [1.165, 1.54) is 30.7 Å². The second kappa shape index (κ2) is 11.4. The summed E-state index contributed by atoms with van der Waals surface area (Å²) in [5.41, 5.74) is 8.32. The number of hydrogen-bond donors (Lipinski definition) is 2. The Morgan fingerprint density at radius 2 is 1.66 bits per heavy atom. The van der Waals surface area contributed by atoms with Crippen LogP contribution >= 0.6 is 0 Å². The summed E-state index contributed by atoms with van der Waals surface area (Å²) in [5.74, 6) is -0.0586. The molecule has 2 aliphatic carbocycles. The minimum atomic E-state index is -0.496. The van der Waals surface area contributed by atoms with Crippen molar-refractivity contribution in [1.82, 2.24) is 4.90 Å². The van der Waals surface area contributed by atoms with Crippen molar-refractivity contribution >= 4 is 23.2 Å². The Hall–Kier alpha value is -3.26. The van der Waals surface area contributed by atoms with Gasteiger partial charge in [0.15, 0.2) is 0 Å². The van der Waals surface area contributed by atoms with E-state index in [0.717, 1.165) is 56.9 Å². The Morgan fingerprint density at radius 1 is 0.971 bits per heavy atom. The lowest BCUT2D eigenvalue weighted by Crippen LogP contribution is -2.53. The molecule has 0 aromatic heterocycles. The van der Waals surface area contributed by atoms with Crippen LogP contribution < -0.4 is 11.1 Å². The minimum Gasteiger partial charge on any atom is -0.334 e. The van der Waals surface area contributed by atoms with E-state index in [1.807, 2.05) is 23.1 Å². The van der Waals surface area contributed by atoms with Crippen LogP contribution in [0.3, 0.4) is 0 Å². The molecule has 8 nitrogen and oxygen atoms in total. The van der Waals surface area contributed by atoms with E-state index in [1.54, 1.807) is 6.07 Å². The first kappa shape index (κ1) is 24.9. The number of benzene rings is 2. The molecule has 0 spiro atoms. The Morgan fingerprint density at radius 3 is 2.34 bits per heavy atom. The molecule has 4 rings (SSSR count). The molecule has 2 saturated carbocycles. The number of nitro groups is 1. The Balaban J connectivity index is 1.49. The molecule has 0 bridgehead atoms. The lowest BCUT2D eigenvalue weighted by atomic mass is 9.85. The molecule has 2 atom stereocenters. The van der Waals surface area contributed by atoms with Gasteiger partial charge in [0.1, 0.15) is 0 Å². The zero-order valence-corrected chi connectivity index (χ0v) is 20.0. The van der Waals surface area contributed by atoms with E-state index in [4.69, 9.17) is 5.73 Å². The van der Waals surface area contributed by atoms with Gasteiger partial charge in [0.2, 0.25) is 5.91 Å². The van der Waals surface area contributed by atoms with Crippen molar-refractivity contribution in [3.8, 4) is 0 Å². The van der Waals surface area contributed by atoms with Crippen molar-refractivity contribution in [2.24, 2.45) is 11.7 Å². The number of carbonyl (C=O) groups excluding carboxylic acids is 2. The first-order valence-electron chi connectivity index (χ1n) is 12.6. The molecule has 2 fully saturated rings. The topological polar surface area (TPSA) is 119 Å². The van der Waals surface area contributed by atoms with E-state index in [-0.39, 0.29) is 35.5 Å². The Bertz CT molecular complexity index is 1050. The summed E-state index contributed by atoms with van der Waals surface area (Å²) in [5, 5.41) is 13.7. The van der Waals surface area contributed by atoms with Gasteiger partial charge in [-0.25, -0.2) is 0 Å². The van der Waals surface area contributed by atoms with Crippen molar-refractivity contribution in [2.75, 3.05) is 5.32 Å². The molecule has 0 aliphatic heterocycles. The number of nitrogens with one attached hydrogen (secondary N) is 1. The highest BCUT2D eigenvalue weighted by molar-refractivity contribution is 6.04. The van der Waals surface area contributed by atoms with Gasteiger partial charge < -0.3 is 16.0 Å². The van der Waals surface area contributed by atoms with Gasteiger partial charge in [-0.2, -0.15) is 0 Å². The number of hydrogen-bond acceptors (Lipinski definition) is 5. The number of non-ortho nitro benzene ring substituents is 1. The second-order valence-electron chi connectivity index (χ2n) is 9.78. The summed E-state index contributed by atoms with van der Waals surface area (Å²) < 4.78 is 0. The maximum absolute atomic E-state index is 13.6. The quantitative estimate of drug-likeness (QED) is 0.427. The molecule has 8 heteroatoms. The summed E-state index contributed by atoms with van der Waals surface area (Å²) in [7, 11) is 0. The van der Waals surface area contributed by atoms with Gasteiger partial charge in [0, 0.05) is 47.9 Å². The largest absolute Gasteiger partial charge is 0.334 e. The van der Waals surface area contributed by atoms with E-state index >= 15 is 0 Å². The monoisotopic (exact) mass is 478 g/mol. The van der Waals surface area contributed by atoms with Crippen molar-refractivity contribution in [2.45, 2.75) is 76.4 Å². The molecule has 2 aromatic rings. The van der Waals surface area contributed by atoms with Crippen LogP contribution in [0.4, 0.5) is 11.4 Å². The predicted octanol–water partition coefficient (Wildman–Crippen LogP) is 5.03. The highest BCUT2D eigenvalue weighted by Crippen LogP contribution is 2.30. The van der Waals surface area contributed by atoms with Crippen molar-refractivity contribution in [3.05, 3.63) is 69.8 Å². The molecule has 0 heterocycles. The van der Waals surface area contributed by atoms with Crippen LogP contribution in [0.5, 0.6) is 0 Å². The van der Waals surface area contributed by atoms with Crippen molar-refractivity contribution in [3.63, 3.8) is 0 Å². The standard InChI is InChI=1S/C27H34N4O4/c28-24-11-4-5-12-25(24)30(27(33)21-8-2-1-3-9-21)18-19-7-6-10-22(17-19)29-26(32)20-13-15-23(16-14-20)31(34)35/h6-7,10,13-17,21,24-25H,1-5,8-9,11-12,18,28H2,(H,29,32). The summed E-state index contributed by atoms with van der Waals surface area (Å²) in [6, 6.07) is 13.0. The first-order chi connectivity index (χ1) is 16.9. The summed E-state index contributed by atoms with van der Waals surface area (Å²) >= 11 is 0. The molecule has 2 aliphatic rings. The molecule has 2 unspecified atom stereocenters. The highest BCUT2D eigenvalue weighted by atomic mass is 16.6. The average Bonchev–Trinajstić information content (AvgIpc) is 2.88. The van der Waals surface area contributed by atoms with E-state index in [2.05, 4.69) is 5.32 Å². The molecular weight excluding hydrogens is 444 g/mol. The average molecular weight is 479 g/mol. The summed E-state index contributed by atoms with van der Waals surface area (Å²) in [6.45, 7) is 0.467. The lowest BCUT2D eigenvalue weighted by Gasteiger charge is -2.40. The third kappa shape index (κ3) is 6.25. The fourth-order valence-electron chi connectivity index (χ4n) is 5.35. The zero-order valence-electron chi connectivity index (χ0n) is 20.0. The van der Waals surface area contributed by atoms with Gasteiger partial charge in [-0.3, -0.25) is 19.7 Å². The number of nitrogens with two attached hydrogens (primary N) is 1. The van der Waals surface area contributed by atoms with Gasteiger partial charge >= 0.3 is 0 Å². The number of nitro benzene ring substituents is 1. The predicted molar refractivity (Wildman–Crippen MR) is 135 cm³/mol. The molecule has 35 heavy (non-hydrogen) atoms. The van der Waals surface area contributed by atoms with Gasteiger partial charge in [-0.15, -0.1) is 0 Å². The number of nitrogens with zero attached hydrogens (tertiary/aromatic N) is 2. The second-order valence-corrected chi connectivity index (χ2v) is 9.78. The summed E-state index contributed by atoms with van der Waals surface area (Å²) in [6.07, 6.45) is 9.34. The minimum absolute atomic E-state index is 0.0127. The third-order valence-electron chi connectivity index (χ3n) is 7.30. The molecular formula is C27H34N4O4. The molecule has 3 N–H and O–H groups in total. The van der Waals surface area contributed by atoms with Gasteiger partial charge in [0.25, 0.3) is 11.6 Å². The molecule has 2 amide bonds. The van der Waals surface area contributed by atoms with Crippen LogP contribution in [-0.4, -0.2) is 33.7 Å². The summed E-state index contributed by atoms with van der Waals surface area (Å²) in [4.78, 5) is 38.7. The zero-order chi connectivity index (χ0) is 24.8. The number of anilines is 1. The normalized spacial score (nSPS) is 20.7. The number of amides is 2. The Kier molecular flexibility index (Phi) is 8.13. The maximum atomic E-state index is 13.6. The fraction of sp³-hybridized carbons (Fsp3) is 0.481. The lowest BCUT2D eigenvalue weighted by molar-refractivity contribution is -0.384. The van der Waals surface area contributed by atoms with Crippen LogP contribution in [0.1, 0.15) is 73.7 Å². The number of rotatable bonds is 7. The van der Waals surface area contributed by atoms with Crippen LogP contribution in [0, 0.1) is 16.0 Å². The third-order valence-corrected chi connectivity index (χ3v) is 7.30. The maximum Gasteiger partial charge on any atom is 0.269 e. The van der Waals surface area contributed by atoms with Crippen LogP contribution in [0.25, 0.3) is 0 Å². The van der Waals surface area contributed by atoms with Crippen molar-refractivity contribution < 1.29 is 14.5 Å². The number of carbonyl (C=O) groups is 2. The van der Waals surface area contributed by atoms with Gasteiger partial charge in [-0.05, 0) is 55.5 Å². The van der Waals surface area contributed by atoms with Crippen LogP contribution in [0.2, 0.25) is 0 Å². The van der Waals surface area contributed by atoms with E-state index in [0.29, 0.717) is 17.8 Å². The highest BCUT2D eigenvalue weighted by Gasteiger charge is 2.34. The van der Waals surface area contributed by atoms with Crippen molar-refractivity contribution in [1.29, 1.82) is 0 Å². The van der Waals surface area contributed by atoms with E-state index in [9.17, 15) is 19.7 Å². The van der Waals surface area contributed by atoms with E-state index < -0.39 is 4.92 Å². The molecule has 2 aromatic carbocycles. The first-order valence-corrected chi connectivity index (χ1v) is 12.6. The van der Waals surface area contributed by atoms with Crippen LogP contribution in [-0.2, 0) is 11.3 Å².